The lowest BCUT2D eigenvalue weighted by Gasteiger charge is -2.50. The number of ether oxygens (including phenoxy) is 1. The summed E-state index contributed by atoms with van der Waals surface area (Å²) in [6.07, 6.45) is 3.29. The van der Waals surface area contributed by atoms with E-state index in [9.17, 15) is 4.79 Å². The first-order valence-corrected chi connectivity index (χ1v) is 9.20. The molecule has 24 heavy (non-hydrogen) atoms. The molecule has 1 spiro atoms. The number of aromatic nitrogens is 2. The number of amides is 1. The molecule has 1 atom stereocenters. The highest BCUT2D eigenvalue weighted by Gasteiger charge is 2.46. The minimum absolute atomic E-state index is 0.0327. The van der Waals surface area contributed by atoms with Crippen LogP contribution in [0.3, 0.4) is 0 Å². The summed E-state index contributed by atoms with van der Waals surface area (Å²) in [6.45, 7) is 5.37. The average Bonchev–Trinajstić information content (AvgIpc) is 3.03. The Bertz CT molecular complexity index is 769. The van der Waals surface area contributed by atoms with Gasteiger partial charge in [-0.1, -0.05) is 28.8 Å². The van der Waals surface area contributed by atoms with Crippen LogP contribution < -0.4 is 0 Å². The predicted molar refractivity (Wildman–Crippen MR) is 93.1 cm³/mol. The van der Waals surface area contributed by atoms with Crippen LogP contribution in [0.25, 0.3) is 11.3 Å². The largest absolute Gasteiger partial charge is 0.371 e. The maximum absolute atomic E-state index is 13.2. The Morgan fingerprint density at radius 3 is 2.88 bits per heavy atom. The summed E-state index contributed by atoms with van der Waals surface area (Å²) in [5.74, 6) is 0.0327. The first-order valence-electron chi connectivity index (χ1n) is 8.43. The van der Waals surface area contributed by atoms with Crippen molar-refractivity contribution in [3.63, 3.8) is 0 Å². The lowest BCUT2D eigenvalue weighted by atomic mass is 9.78. The minimum atomic E-state index is -0.108. The fraction of sp³-hybridized carbons (Fsp3) is 0.500. The highest BCUT2D eigenvalue weighted by Crippen LogP contribution is 2.40. The number of rotatable bonds is 2. The molecule has 1 unspecified atom stereocenters. The second-order valence-corrected chi connectivity index (χ2v) is 7.65. The van der Waals surface area contributed by atoms with Gasteiger partial charge in [0.2, 0.25) is 0 Å². The van der Waals surface area contributed by atoms with E-state index in [0.717, 1.165) is 24.0 Å². The van der Waals surface area contributed by atoms with Crippen LogP contribution in [-0.4, -0.2) is 45.2 Å². The minimum Gasteiger partial charge on any atom is -0.371 e. The molecule has 1 saturated heterocycles. The molecule has 0 N–H and O–H groups in total. The maximum atomic E-state index is 13.2. The van der Waals surface area contributed by atoms with E-state index in [4.69, 9.17) is 4.74 Å². The van der Waals surface area contributed by atoms with Crippen LogP contribution in [0.15, 0.2) is 24.3 Å². The van der Waals surface area contributed by atoms with Crippen molar-refractivity contribution in [2.75, 3.05) is 13.2 Å². The first kappa shape index (κ1) is 15.7. The monoisotopic (exact) mass is 343 g/mol. The van der Waals surface area contributed by atoms with Crippen LogP contribution in [0.4, 0.5) is 0 Å². The summed E-state index contributed by atoms with van der Waals surface area (Å²) in [7, 11) is 0. The van der Waals surface area contributed by atoms with Crippen LogP contribution in [0, 0.1) is 6.92 Å². The van der Waals surface area contributed by atoms with Gasteiger partial charge in [0.1, 0.15) is 10.6 Å². The second kappa shape index (κ2) is 5.93. The van der Waals surface area contributed by atoms with Crippen LogP contribution in [-0.2, 0) is 4.74 Å². The number of carbonyl (C=O) groups excluding carboxylic acids is 1. The Labute approximate surface area is 145 Å². The summed E-state index contributed by atoms with van der Waals surface area (Å²) in [6, 6.07) is 8.07. The molecule has 0 bridgehead atoms. The van der Waals surface area contributed by atoms with Gasteiger partial charge in [-0.3, -0.25) is 4.79 Å². The molecule has 1 aliphatic heterocycles. The number of benzene rings is 1. The molecule has 126 valence electrons. The predicted octanol–water partition coefficient (Wildman–Crippen LogP) is 3.30. The van der Waals surface area contributed by atoms with Crippen LogP contribution in [0.1, 0.15) is 41.4 Å². The van der Waals surface area contributed by atoms with E-state index in [1.54, 1.807) is 0 Å². The molecule has 4 rings (SSSR count). The van der Waals surface area contributed by atoms with E-state index >= 15 is 0 Å². The third-order valence-electron chi connectivity index (χ3n) is 5.23. The molecule has 2 fully saturated rings. The van der Waals surface area contributed by atoms with Crippen LogP contribution in [0.5, 0.6) is 0 Å². The number of morpholine rings is 1. The Kier molecular flexibility index (Phi) is 3.89. The van der Waals surface area contributed by atoms with Gasteiger partial charge in [0.25, 0.3) is 5.91 Å². The average molecular weight is 343 g/mol. The normalized spacial score (nSPS) is 22.4. The second-order valence-electron chi connectivity index (χ2n) is 6.90. The first-order chi connectivity index (χ1) is 11.6. The fourth-order valence-corrected chi connectivity index (χ4v) is 4.16. The van der Waals surface area contributed by atoms with Gasteiger partial charge in [0.05, 0.1) is 24.8 Å². The summed E-state index contributed by atoms with van der Waals surface area (Å²) >= 11 is 1.19. The highest BCUT2D eigenvalue weighted by molar-refractivity contribution is 7.08. The number of aryl methyl sites for hydroxylation is 1. The fourth-order valence-electron chi connectivity index (χ4n) is 3.52. The van der Waals surface area contributed by atoms with Gasteiger partial charge in [0, 0.05) is 5.56 Å². The highest BCUT2D eigenvalue weighted by atomic mass is 32.1. The lowest BCUT2D eigenvalue weighted by Crippen LogP contribution is -2.60. The van der Waals surface area contributed by atoms with Gasteiger partial charge < -0.3 is 9.64 Å². The maximum Gasteiger partial charge on any atom is 0.268 e. The van der Waals surface area contributed by atoms with Crippen molar-refractivity contribution in [2.45, 2.75) is 44.8 Å². The van der Waals surface area contributed by atoms with Gasteiger partial charge >= 0.3 is 0 Å². The van der Waals surface area contributed by atoms with Crippen molar-refractivity contribution in [1.29, 1.82) is 0 Å². The molecule has 2 aliphatic rings. The summed E-state index contributed by atoms with van der Waals surface area (Å²) in [5.41, 5.74) is 2.67. The third-order valence-corrected chi connectivity index (χ3v) is 5.94. The summed E-state index contributed by atoms with van der Waals surface area (Å²) in [4.78, 5) is 15.8. The Morgan fingerprint density at radius 1 is 1.38 bits per heavy atom. The Balaban J connectivity index is 1.66. The molecule has 5 nitrogen and oxygen atoms in total. The zero-order valence-corrected chi connectivity index (χ0v) is 14.8. The molecular weight excluding hydrogens is 322 g/mol. The molecule has 2 heterocycles. The quantitative estimate of drug-likeness (QED) is 0.839. The van der Waals surface area contributed by atoms with E-state index in [1.165, 1.54) is 18.0 Å². The molecule has 0 radical (unpaired) electrons. The lowest BCUT2D eigenvalue weighted by molar-refractivity contribution is -0.158. The standard InChI is InChI=1S/C18H21N3O2S/c1-12-6-3-4-7-14(12)15-16(24-20-19-15)17(22)21-11-18(8-5-9-18)23-10-13(21)2/h3-4,6-7,13H,5,8-11H2,1-2H3. The molecule has 1 aromatic heterocycles. The van der Waals surface area contributed by atoms with Gasteiger partial charge in [-0.15, -0.1) is 5.10 Å². The van der Waals surface area contributed by atoms with Crippen molar-refractivity contribution < 1.29 is 9.53 Å². The van der Waals surface area contributed by atoms with E-state index in [-0.39, 0.29) is 17.6 Å². The smallest absolute Gasteiger partial charge is 0.268 e. The summed E-state index contributed by atoms with van der Waals surface area (Å²) in [5, 5.41) is 4.25. The summed E-state index contributed by atoms with van der Waals surface area (Å²) < 4.78 is 10.1. The van der Waals surface area contributed by atoms with Crippen molar-refractivity contribution in [1.82, 2.24) is 14.5 Å². The van der Waals surface area contributed by atoms with Crippen LogP contribution in [0.2, 0.25) is 0 Å². The number of carbonyl (C=O) groups is 1. The Morgan fingerprint density at radius 2 is 2.17 bits per heavy atom. The number of hydrogen-bond donors (Lipinski definition) is 0. The molecule has 6 heteroatoms. The van der Waals surface area contributed by atoms with E-state index < -0.39 is 0 Å². The zero-order valence-electron chi connectivity index (χ0n) is 14.0. The zero-order chi connectivity index (χ0) is 16.7. The topological polar surface area (TPSA) is 55.3 Å². The molecule has 1 saturated carbocycles. The number of nitrogens with zero attached hydrogens (tertiary/aromatic N) is 3. The van der Waals surface area contributed by atoms with Gasteiger partial charge in [-0.05, 0) is 50.2 Å². The molecular formula is C18H21N3O2S. The molecule has 1 aromatic carbocycles. The van der Waals surface area contributed by atoms with Crippen molar-refractivity contribution >= 4 is 17.4 Å². The van der Waals surface area contributed by atoms with Crippen molar-refractivity contribution in [3.8, 4) is 11.3 Å². The van der Waals surface area contributed by atoms with Gasteiger partial charge in [-0.2, -0.15) is 0 Å². The molecule has 1 amide bonds. The van der Waals surface area contributed by atoms with E-state index in [1.807, 2.05) is 43.0 Å². The van der Waals surface area contributed by atoms with E-state index in [2.05, 4.69) is 9.59 Å². The van der Waals surface area contributed by atoms with Crippen molar-refractivity contribution in [2.24, 2.45) is 0 Å². The van der Waals surface area contributed by atoms with Gasteiger partial charge in [0.15, 0.2) is 0 Å². The van der Waals surface area contributed by atoms with E-state index in [0.29, 0.717) is 23.7 Å². The van der Waals surface area contributed by atoms with Crippen molar-refractivity contribution in [3.05, 3.63) is 34.7 Å². The van der Waals surface area contributed by atoms with Gasteiger partial charge in [-0.25, -0.2) is 0 Å². The third kappa shape index (κ3) is 2.54. The molecule has 2 aromatic rings. The SMILES string of the molecule is Cc1ccccc1-c1nnsc1C(=O)N1CC2(CCC2)OCC1C. The number of hydrogen-bond acceptors (Lipinski definition) is 5. The van der Waals surface area contributed by atoms with Crippen LogP contribution >= 0.6 is 11.5 Å². The Hall–Kier alpha value is -1.79. The molecule has 1 aliphatic carbocycles.